The number of ether oxygens (including phenoxy) is 1. The first kappa shape index (κ1) is 20.9. The van der Waals surface area contributed by atoms with Crippen LogP contribution in [0.4, 0.5) is 5.69 Å². The van der Waals surface area contributed by atoms with Gasteiger partial charge >= 0.3 is 5.69 Å². The third-order valence-corrected chi connectivity index (χ3v) is 5.30. The van der Waals surface area contributed by atoms with Gasteiger partial charge in [-0.25, -0.2) is 4.79 Å². The Labute approximate surface area is 176 Å². The zero-order valence-corrected chi connectivity index (χ0v) is 16.4. The summed E-state index contributed by atoms with van der Waals surface area (Å²) in [4.78, 5) is 29.6. The average molecular weight is 426 g/mol. The molecule has 0 bridgehead atoms. The second kappa shape index (κ2) is 8.44. The maximum atomic E-state index is 13.0. The maximum absolute atomic E-state index is 13.0. The molecule has 0 saturated carbocycles. The Morgan fingerprint density at radius 2 is 1.87 bits per heavy atom. The summed E-state index contributed by atoms with van der Waals surface area (Å²) in [7, 11) is 0. The van der Waals surface area contributed by atoms with E-state index in [4.69, 9.17) is 10.5 Å². The van der Waals surface area contributed by atoms with Crippen LogP contribution in [0.15, 0.2) is 64.4 Å². The molecule has 0 aliphatic carbocycles. The first-order valence-corrected chi connectivity index (χ1v) is 9.65. The number of rotatable bonds is 5. The lowest BCUT2D eigenvalue weighted by Crippen LogP contribution is -2.43. The van der Waals surface area contributed by atoms with Crippen molar-refractivity contribution in [2.75, 3.05) is 12.3 Å². The number of para-hydroxylation sites is 1. The summed E-state index contributed by atoms with van der Waals surface area (Å²) in [6.07, 6.45) is -2.33. The number of hydrogen-bond donors (Lipinski definition) is 4. The van der Waals surface area contributed by atoms with Crippen LogP contribution in [0.25, 0.3) is 11.1 Å². The number of benzene rings is 1. The van der Waals surface area contributed by atoms with Gasteiger partial charge in [0.25, 0.3) is 5.56 Å². The lowest BCUT2D eigenvalue weighted by atomic mass is 10.0. The molecule has 162 valence electrons. The molecule has 2 aromatic heterocycles. The summed E-state index contributed by atoms with van der Waals surface area (Å²) < 4.78 is 7.38. The number of hydrogen-bond acceptors (Lipinski definition) is 8. The van der Waals surface area contributed by atoms with Gasteiger partial charge in [-0.1, -0.05) is 18.2 Å². The third kappa shape index (κ3) is 3.89. The van der Waals surface area contributed by atoms with Crippen LogP contribution in [0.2, 0.25) is 0 Å². The van der Waals surface area contributed by atoms with Crippen LogP contribution < -0.4 is 17.0 Å². The van der Waals surface area contributed by atoms with Crippen molar-refractivity contribution in [3.05, 3.63) is 81.4 Å². The molecule has 31 heavy (non-hydrogen) atoms. The zero-order chi connectivity index (χ0) is 22.1. The molecule has 1 aliphatic rings. The average Bonchev–Trinajstić information content (AvgIpc) is 3.05. The molecule has 3 aromatic rings. The van der Waals surface area contributed by atoms with Crippen LogP contribution in [0.5, 0.6) is 0 Å². The molecular formula is C21H22N4O6. The van der Waals surface area contributed by atoms with Gasteiger partial charge in [-0.2, -0.15) is 0 Å². The minimum Gasteiger partial charge on any atom is -0.398 e. The molecule has 1 saturated heterocycles. The van der Waals surface area contributed by atoms with Crippen LogP contribution in [0.1, 0.15) is 11.9 Å². The van der Waals surface area contributed by atoms with E-state index in [1.54, 1.807) is 24.4 Å². The predicted molar refractivity (Wildman–Crippen MR) is 111 cm³/mol. The van der Waals surface area contributed by atoms with Crippen LogP contribution in [0, 0.1) is 0 Å². The molecule has 0 amide bonds. The molecular weight excluding hydrogens is 404 g/mol. The van der Waals surface area contributed by atoms with E-state index in [0.717, 1.165) is 26.3 Å². The third-order valence-electron chi connectivity index (χ3n) is 5.30. The molecule has 0 spiro atoms. The Balaban J connectivity index is 1.69. The Hall–Kier alpha value is -3.31. The second-order valence-electron chi connectivity index (χ2n) is 7.28. The standard InChI is InChI=1S/C21H22N4O6/c22-15-4-2-1-3-14(15)12-5-7-23-13(9-12)10-25-17(27)6-8-24(21(25)30)20-19(29)18(28)16(11-26)31-20/h1-9,16,18-20,26,28-29H,10-11,22H2/t16-,18+,19?,20-/m1/s1. The van der Waals surface area contributed by atoms with E-state index in [9.17, 15) is 24.9 Å². The fourth-order valence-electron chi connectivity index (χ4n) is 3.63. The molecule has 5 N–H and O–H groups in total. The number of pyridine rings is 1. The Morgan fingerprint density at radius 3 is 2.58 bits per heavy atom. The van der Waals surface area contributed by atoms with Crippen LogP contribution in [-0.4, -0.2) is 54.4 Å². The fraction of sp³-hybridized carbons (Fsp3) is 0.286. The molecule has 4 rings (SSSR count). The summed E-state index contributed by atoms with van der Waals surface area (Å²) in [6.45, 7) is -0.643. The van der Waals surface area contributed by atoms with Gasteiger partial charge in [0.05, 0.1) is 18.8 Å². The number of nitrogens with two attached hydrogens (primary N) is 1. The topological polar surface area (TPSA) is 153 Å². The molecule has 10 heteroatoms. The zero-order valence-electron chi connectivity index (χ0n) is 16.4. The summed E-state index contributed by atoms with van der Waals surface area (Å²) in [5.41, 5.74) is 7.37. The van der Waals surface area contributed by atoms with Crippen molar-refractivity contribution in [3.63, 3.8) is 0 Å². The molecule has 1 fully saturated rings. The van der Waals surface area contributed by atoms with E-state index in [1.807, 2.05) is 18.2 Å². The smallest absolute Gasteiger partial charge is 0.333 e. The molecule has 1 unspecified atom stereocenters. The van der Waals surface area contributed by atoms with Gasteiger partial charge in [0.2, 0.25) is 0 Å². The highest BCUT2D eigenvalue weighted by Gasteiger charge is 2.43. The first-order chi connectivity index (χ1) is 14.9. The van der Waals surface area contributed by atoms with Gasteiger partial charge in [0, 0.05) is 29.7 Å². The highest BCUT2D eigenvalue weighted by Crippen LogP contribution is 2.28. The highest BCUT2D eigenvalue weighted by atomic mass is 16.6. The number of nitrogen functional groups attached to an aromatic ring is 1. The molecule has 3 heterocycles. The summed E-state index contributed by atoms with van der Waals surface area (Å²) in [5, 5.41) is 29.4. The maximum Gasteiger partial charge on any atom is 0.333 e. The molecule has 0 radical (unpaired) electrons. The Morgan fingerprint density at radius 1 is 1.10 bits per heavy atom. The van der Waals surface area contributed by atoms with Crippen molar-refractivity contribution >= 4 is 5.69 Å². The SMILES string of the molecule is Nc1ccccc1-c1ccnc(Cn2c(=O)ccn([C@@H]3O[C@H](CO)[C@H](O)C3O)c2=O)c1. The number of anilines is 1. The predicted octanol–water partition coefficient (Wildman–Crippen LogP) is -0.686. The lowest BCUT2D eigenvalue weighted by Gasteiger charge is -2.18. The van der Waals surface area contributed by atoms with Gasteiger partial charge in [-0.3, -0.25) is 18.9 Å². The van der Waals surface area contributed by atoms with E-state index in [0.29, 0.717) is 11.4 Å². The van der Waals surface area contributed by atoms with Crippen LogP contribution in [-0.2, 0) is 11.3 Å². The van der Waals surface area contributed by atoms with Gasteiger partial charge in [0.15, 0.2) is 6.23 Å². The minimum atomic E-state index is -1.44. The van der Waals surface area contributed by atoms with Crippen LogP contribution >= 0.6 is 0 Å². The van der Waals surface area contributed by atoms with Crippen molar-refractivity contribution in [3.8, 4) is 11.1 Å². The van der Waals surface area contributed by atoms with E-state index in [2.05, 4.69) is 4.98 Å². The number of aromatic nitrogens is 3. The van der Waals surface area contributed by atoms with Gasteiger partial charge in [-0.05, 0) is 23.8 Å². The van der Waals surface area contributed by atoms with Gasteiger partial charge in [0.1, 0.15) is 18.3 Å². The van der Waals surface area contributed by atoms with E-state index in [1.165, 1.54) is 6.20 Å². The van der Waals surface area contributed by atoms with Crippen molar-refractivity contribution in [1.82, 2.24) is 14.1 Å². The van der Waals surface area contributed by atoms with Crippen molar-refractivity contribution < 1.29 is 20.1 Å². The van der Waals surface area contributed by atoms with E-state index < -0.39 is 42.4 Å². The van der Waals surface area contributed by atoms with Gasteiger partial charge < -0.3 is 25.8 Å². The Bertz CT molecular complexity index is 1210. The normalized spacial score (nSPS) is 23.2. The van der Waals surface area contributed by atoms with Gasteiger partial charge in [-0.15, -0.1) is 0 Å². The molecule has 1 aliphatic heterocycles. The number of aliphatic hydroxyl groups excluding tert-OH is 3. The summed E-state index contributed by atoms with van der Waals surface area (Å²) >= 11 is 0. The summed E-state index contributed by atoms with van der Waals surface area (Å²) in [6, 6.07) is 12.0. The number of aliphatic hydroxyl groups is 3. The lowest BCUT2D eigenvalue weighted by molar-refractivity contribution is -0.0555. The minimum absolute atomic E-state index is 0.117. The van der Waals surface area contributed by atoms with E-state index in [-0.39, 0.29) is 6.54 Å². The molecule has 4 atom stereocenters. The van der Waals surface area contributed by atoms with Crippen molar-refractivity contribution in [2.24, 2.45) is 0 Å². The monoisotopic (exact) mass is 426 g/mol. The quantitative estimate of drug-likeness (QED) is 0.391. The van der Waals surface area contributed by atoms with Crippen molar-refractivity contribution in [1.29, 1.82) is 0 Å². The number of nitrogens with zero attached hydrogens (tertiary/aromatic N) is 3. The molecule has 1 aromatic carbocycles. The fourth-order valence-corrected chi connectivity index (χ4v) is 3.63. The second-order valence-corrected chi connectivity index (χ2v) is 7.28. The largest absolute Gasteiger partial charge is 0.398 e. The van der Waals surface area contributed by atoms with Crippen LogP contribution in [0.3, 0.4) is 0 Å². The van der Waals surface area contributed by atoms with E-state index >= 15 is 0 Å². The van der Waals surface area contributed by atoms with Crippen molar-refractivity contribution in [2.45, 2.75) is 31.1 Å². The highest BCUT2D eigenvalue weighted by molar-refractivity contribution is 5.76. The summed E-state index contributed by atoms with van der Waals surface area (Å²) in [5.74, 6) is 0. The molecule has 10 nitrogen and oxygen atoms in total. The first-order valence-electron chi connectivity index (χ1n) is 9.65. The Kier molecular flexibility index (Phi) is 5.70.